The second-order valence-corrected chi connectivity index (χ2v) is 5.88. The zero-order valence-electron chi connectivity index (χ0n) is 12.1. The second-order valence-electron chi connectivity index (χ2n) is 5.88. The van der Waals surface area contributed by atoms with E-state index in [1.165, 1.54) is 32.1 Å². The van der Waals surface area contributed by atoms with Crippen molar-refractivity contribution >= 4 is 5.91 Å². The molecule has 3 heteroatoms. The van der Waals surface area contributed by atoms with E-state index < -0.39 is 0 Å². The summed E-state index contributed by atoms with van der Waals surface area (Å²) in [6, 6.07) is 0.563. The van der Waals surface area contributed by atoms with Crippen molar-refractivity contribution in [3.8, 4) is 0 Å². The highest BCUT2D eigenvalue weighted by Crippen LogP contribution is 2.32. The van der Waals surface area contributed by atoms with Crippen LogP contribution in [0.2, 0.25) is 0 Å². The van der Waals surface area contributed by atoms with Gasteiger partial charge in [0.25, 0.3) is 0 Å². The summed E-state index contributed by atoms with van der Waals surface area (Å²) in [6.07, 6.45) is 8.54. The van der Waals surface area contributed by atoms with E-state index in [9.17, 15) is 4.79 Å². The molecule has 1 aliphatic heterocycles. The van der Waals surface area contributed by atoms with E-state index in [-0.39, 0.29) is 12.2 Å². The highest BCUT2D eigenvalue weighted by atomic mass is 16.2. The van der Waals surface area contributed by atoms with Crippen molar-refractivity contribution in [1.29, 1.82) is 0 Å². The summed E-state index contributed by atoms with van der Waals surface area (Å²) in [5, 5.41) is 3.49. The van der Waals surface area contributed by atoms with Crippen LogP contribution in [0.3, 0.4) is 0 Å². The average molecular weight is 252 g/mol. The molecule has 2 unspecified atom stereocenters. The zero-order valence-corrected chi connectivity index (χ0v) is 12.1. The summed E-state index contributed by atoms with van der Waals surface area (Å²) in [5.41, 5.74) is 0. The molecule has 2 aliphatic rings. The van der Waals surface area contributed by atoms with Crippen molar-refractivity contribution in [3.05, 3.63) is 0 Å². The lowest BCUT2D eigenvalue weighted by molar-refractivity contribution is -0.133. The van der Waals surface area contributed by atoms with Gasteiger partial charge in [-0.25, -0.2) is 0 Å². The van der Waals surface area contributed by atoms with Crippen molar-refractivity contribution in [2.45, 2.75) is 84.0 Å². The van der Waals surface area contributed by atoms with Crippen molar-refractivity contribution in [3.63, 3.8) is 0 Å². The van der Waals surface area contributed by atoms with Gasteiger partial charge in [0.2, 0.25) is 5.91 Å². The van der Waals surface area contributed by atoms with Crippen LogP contribution in [0.25, 0.3) is 0 Å². The summed E-state index contributed by atoms with van der Waals surface area (Å²) in [4.78, 5) is 14.6. The standard InChI is InChI=1S/C15H28N2O/c1-4-11-7-9-12(10-8-11)17-14(6-3)16-13(5-2)15(17)18/h11-14,16H,4-10H2,1-3H3. The van der Waals surface area contributed by atoms with Crippen LogP contribution in [0.4, 0.5) is 0 Å². The van der Waals surface area contributed by atoms with Crippen LogP contribution >= 0.6 is 0 Å². The van der Waals surface area contributed by atoms with Gasteiger partial charge in [0.05, 0.1) is 12.2 Å². The van der Waals surface area contributed by atoms with Crippen LogP contribution in [0, 0.1) is 5.92 Å². The van der Waals surface area contributed by atoms with E-state index in [0.29, 0.717) is 11.9 Å². The van der Waals surface area contributed by atoms with Crippen molar-refractivity contribution < 1.29 is 4.79 Å². The molecule has 1 heterocycles. The molecule has 2 fully saturated rings. The molecule has 0 aromatic rings. The van der Waals surface area contributed by atoms with Crippen LogP contribution in [0.5, 0.6) is 0 Å². The first kappa shape index (κ1) is 13.9. The van der Waals surface area contributed by atoms with E-state index in [2.05, 4.69) is 31.0 Å². The fourth-order valence-electron chi connectivity index (χ4n) is 3.59. The average Bonchev–Trinajstić information content (AvgIpc) is 2.75. The molecular weight excluding hydrogens is 224 g/mol. The molecular formula is C15H28N2O. The van der Waals surface area contributed by atoms with Crippen LogP contribution in [-0.2, 0) is 4.79 Å². The van der Waals surface area contributed by atoms with Crippen LogP contribution < -0.4 is 5.32 Å². The molecule has 1 saturated carbocycles. The summed E-state index contributed by atoms with van der Waals surface area (Å²) < 4.78 is 0. The third kappa shape index (κ3) is 2.56. The van der Waals surface area contributed by atoms with E-state index in [0.717, 1.165) is 18.8 Å². The van der Waals surface area contributed by atoms with Gasteiger partial charge in [-0.15, -0.1) is 0 Å². The first-order chi connectivity index (χ1) is 8.71. The van der Waals surface area contributed by atoms with Gasteiger partial charge < -0.3 is 4.90 Å². The van der Waals surface area contributed by atoms with E-state index in [1.54, 1.807) is 0 Å². The number of hydrogen-bond acceptors (Lipinski definition) is 2. The van der Waals surface area contributed by atoms with Gasteiger partial charge in [-0.2, -0.15) is 0 Å². The van der Waals surface area contributed by atoms with Gasteiger partial charge in [0, 0.05) is 6.04 Å². The lowest BCUT2D eigenvalue weighted by Gasteiger charge is -2.37. The largest absolute Gasteiger partial charge is 0.323 e. The summed E-state index contributed by atoms with van der Waals surface area (Å²) in [5.74, 6) is 1.25. The maximum Gasteiger partial charge on any atom is 0.241 e. The minimum absolute atomic E-state index is 0.0684. The molecule has 0 aromatic carbocycles. The van der Waals surface area contributed by atoms with E-state index >= 15 is 0 Å². The lowest BCUT2D eigenvalue weighted by atomic mass is 9.83. The van der Waals surface area contributed by atoms with Gasteiger partial charge >= 0.3 is 0 Å². The molecule has 1 N–H and O–H groups in total. The van der Waals surface area contributed by atoms with E-state index in [1.807, 2.05) is 0 Å². The van der Waals surface area contributed by atoms with Gasteiger partial charge in [-0.05, 0) is 44.4 Å². The number of carbonyl (C=O) groups is 1. The second kappa shape index (κ2) is 6.05. The van der Waals surface area contributed by atoms with Crippen molar-refractivity contribution in [2.75, 3.05) is 0 Å². The molecule has 0 radical (unpaired) electrons. The SMILES string of the molecule is CCC1CCC(N2C(=O)C(CC)NC2CC)CC1. The Balaban J connectivity index is 2.00. The van der Waals surface area contributed by atoms with Crippen molar-refractivity contribution in [1.82, 2.24) is 10.2 Å². The number of nitrogens with one attached hydrogen (secondary N) is 1. The maximum atomic E-state index is 12.4. The van der Waals surface area contributed by atoms with Gasteiger partial charge in [0.15, 0.2) is 0 Å². The molecule has 104 valence electrons. The predicted octanol–water partition coefficient (Wildman–Crippen LogP) is 2.90. The van der Waals surface area contributed by atoms with Gasteiger partial charge in [-0.3, -0.25) is 10.1 Å². The number of nitrogens with zero attached hydrogens (tertiary/aromatic N) is 1. The minimum atomic E-state index is 0.0684. The Labute approximate surface area is 111 Å². The van der Waals surface area contributed by atoms with Gasteiger partial charge in [0.1, 0.15) is 0 Å². The van der Waals surface area contributed by atoms with Crippen LogP contribution in [0.1, 0.15) is 65.7 Å². The Morgan fingerprint density at radius 3 is 2.22 bits per heavy atom. The quantitative estimate of drug-likeness (QED) is 0.834. The number of carbonyl (C=O) groups excluding carboxylic acids is 1. The molecule has 1 aliphatic carbocycles. The number of hydrogen-bond donors (Lipinski definition) is 1. The predicted molar refractivity (Wildman–Crippen MR) is 74.2 cm³/mol. The van der Waals surface area contributed by atoms with Crippen LogP contribution in [-0.4, -0.2) is 29.1 Å². The maximum absolute atomic E-state index is 12.4. The number of amides is 1. The lowest BCUT2D eigenvalue weighted by Crippen LogP contribution is -2.45. The Morgan fingerprint density at radius 1 is 1.06 bits per heavy atom. The Bertz CT molecular complexity index is 284. The van der Waals surface area contributed by atoms with E-state index in [4.69, 9.17) is 0 Å². The molecule has 2 rings (SSSR count). The minimum Gasteiger partial charge on any atom is -0.323 e. The monoisotopic (exact) mass is 252 g/mol. The fourth-order valence-corrected chi connectivity index (χ4v) is 3.59. The molecule has 18 heavy (non-hydrogen) atoms. The number of rotatable bonds is 4. The molecule has 2 atom stereocenters. The molecule has 1 saturated heterocycles. The highest BCUT2D eigenvalue weighted by Gasteiger charge is 2.41. The van der Waals surface area contributed by atoms with Gasteiger partial charge in [-0.1, -0.05) is 27.2 Å². The smallest absolute Gasteiger partial charge is 0.241 e. The third-order valence-electron chi connectivity index (χ3n) is 4.86. The molecule has 0 spiro atoms. The Morgan fingerprint density at radius 2 is 1.72 bits per heavy atom. The first-order valence-corrected chi connectivity index (χ1v) is 7.79. The summed E-state index contributed by atoms with van der Waals surface area (Å²) >= 11 is 0. The zero-order chi connectivity index (χ0) is 13.1. The fraction of sp³-hybridized carbons (Fsp3) is 0.933. The topological polar surface area (TPSA) is 32.3 Å². The molecule has 0 aromatic heterocycles. The Kier molecular flexibility index (Phi) is 4.66. The highest BCUT2D eigenvalue weighted by molar-refractivity contribution is 5.84. The third-order valence-corrected chi connectivity index (χ3v) is 4.86. The summed E-state index contributed by atoms with van der Waals surface area (Å²) in [6.45, 7) is 6.56. The summed E-state index contributed by atoms with van der Waals surface area (Å²) in [7, 11) is 0. The molecule has 0 bridgehead atoms. The Hall–Kier alpha value is -0.570. The normalized spacial score (nSPS) is 37.3. The molecule has 1 amide bonds. The molecule has 3 nitrogen and oxygen atoms in total. The van der Waals surface area contributed by atoms with Crippen LogP contribution in [0.15, 0.2) is 0 Å². The first-order valence-electron chi connectivity index (χ1n) is 7.79. The van der Waals surface area contributed by atoms with Crippen molar-refractivity contribution in [2.24, 2.45) is 5.92 Å².